The molecule has 1 unspecified atom stereocenters. The average molecular weight is 290 g/mol. The van der Waals surface area contributed by atoms with Crippen molar-refractivity contribution in [3.8, 4) is 0 Å². The number of thiophene rings is 1. The van der Waals surface area contributed by atoms with E-state index in [9.17, 15) is 4.39 Å². The van der Waals surface area contributed by atoms with Crippen molar-refractivity contribution in [3.63, 3.8) is 0 Å². The van der Waals surface area contributed by atoms with Crippen molar-refractivity contribution >= 4 is 21.4 Å². The van der Waals surface area contributed by atoms with Crippen molar-refractivity contribution in [3.05, 3.63) is 47.1 Å². The van der Waals surface area contributed by atoms with E-state index in [1.54, 1.807) is 23.7 Å². The first kappa shape index (κ1) is 13.2. The fourth-order valence-corrected chi connectivity index (χ4v) is 3.27. The molecule has 0 saturated carbocycles. The number of rotatable bonds is 4. The zero-order valence-electron chi connectivity index (χ0n) is 11.1. The minimum atomic E-state index is -0.221. The number of aromatic nitrogens is 3. The molecule has 0 saturated heterocycles. The molecule has 3 aromatic rings. The fraction of sp³-hybridized carbons (Fsp3) is 0.286. The van der Waals surface area contributed by atoms with Crippen molar-refractivity contribution in [2.24, 2.45) is 5.73 Å². The van der Waals surface area contributed by atoms with Crippen LogP contribution in [0.25, 0.3) is 10.1 Å². The van der Waals surface area contributed by atoms with Gasteiger partial charge in [-0.3, -0.25) is 4.68 Å². The molecular formula is C14H15FN4S. The van der Waals surface area contributed by atoms with Crippen LogP contribution in [0.5, 0.6) is 0 Å². The van der Waals surface area contributed by atoms with E-state index in [-0.39, 0.29) is 11.9 Å². The Kier molecular flexibility index (Phi) is 3.50. The third-order valence-electron chi connectivity index (χ3n) is 3.26. The van der Waals surface area contributed by atoms with E-state index in [1.165, 1.54) is 12.1 Å². The van der Waals surface area contributed by atoms with Gasteiger partial charge >= 0.3 is 0 Å². The van der Waals surface area contributed by atoms with Crippen LogP contribution in [0.4, 0.5) is 4.39 Å². The molecule has 0 aliphatic heterocycles. The van der Waals surface area contributed by atoms with Crippen molar-refractivity contribution in [1.29, 1.82) is 0 Å². The van der Waals surface area contributed by atoms with Gasteiger partial charge in [0, 0.05) is 28.6 Å². The van der Waals surface area contributed by atoms with E-state index >= 15 is 0 Å². The first-order valence-corrected chi connectivity index (χ1v) is 7.30. The van der Waals surface area contributed by atoms with E-state index < -0.39 is 0 Å². The minimum Gasteiger partial charge on any atom is -0.323 e. The van der Waals surface area contributed by atoms with Crippen LogP contribution in [0.2, 0.25) is 0 Å². The summed E-state index contributed by atoms with van der Waals surface area (Å²) in [5.41, 5.74) is 6.25. The van der Waals surface area contributed by atoms with Gasteiger partial charge in [0.15, 0.2) is 0 Å². The summed E-state index contributed by atoms with van der Waals surface area (Å²) in [5, 5.41) is 5.04. The van der Waals surface area contributed by atoms with Crippen molar-refractivity contribution in [1.82, 2.24) is 14.8 Å². The molecule has 20 heavy (non-hydrogen) atoms. The lowest BCUT2D eigenvalue weighted by Gasteiger charge is -2.09. The second-order valence-electron chi connectivity index (χ2n) is 4.63. The largest absolute Gasteiger partial charge is 0.323 e. The second-order valence-corrected chi connectivity index (χ2v) is 5.75. The fourth-order valence-electron chi connectivity index (χ4n) is 2.23. The van der Waals surface area contributed by atoms with Gasteiger partial charge in [-0.2, -0.15) is 5.10 Å². The van der Waals surface area contributed by atoms with E-state index in [1.807, 2.05) is 17.7 Å². The molecule has 1 atom stereocenters. The molecule has 0 radical (unpaired) electrons. The number of hydrogen-bond donors (Lipinski definition) is 1. The highest BCUT2D eigenvalue weighted by atomic mass is 32.1. The summed E-state index contributed by atoms with van der Waals surface area (Å²) in [5.74, 6) is 0.657. The lowest BCUT2D eigenvalue weighted by Crippen LogP contribution is -2.15. The van der Waals surface area contributed by atoms with Crippen molar-refractivity contribution in [2.45, 2.75) is 25.9 Å². The van der Waals surface area contributed by atoms with Crippen LogP contribution in [0, 0.1) is 5.82 Å². The van der Waals surface area contributed by atoms with Gasteiger partial charge in [-0.05, 0) is 36.6 Å². The highest BCUT2D eigenvalue weighted by Crippen LogP contribution is 2.30. The third-order valence-corrected chi connectivity index (χ3v) is 4.51. The second kappa shape index (κ2) is 5.30. The molecule has 1 aromatic carbocycles. The van der Waals surface area contributed by atoms with Gasteiger partial charge in [-0.1, -0.05) is 0 Å². The molecule has 2 N–H and O–H groups in total. The zero-order valence-corrected chi connectivity index (χ0v) is 11.9. The summed E-state index contributed by atoms with van der Waals surface area (Å²) >= 11 is 1.60. The smallest absolute Gasteiger partial charge is 0.138 e. The molecule has 2 aromatic heterocycles. The molecule has 3 rings (SSSR count). The first-order chi connectivity index (χ1) is 9.67. The standard InChI is InChI=1S/C14H15FN4S/c1-2-19-14(17-8-18-19)7-11(16)13-6-9-5-10(15)3-4-12(9)20-13/h3-6,8,11H,2,7,16H2,1H3. The first-order valence-electron chi connectivity index (χ1n) is 6.48. The summed E-state index contributed by atoms with van der Waals surface area (Å²) in [6, 6.07) is 6.61. The van der Waals surface area contributed by atoms with E-state index in [0.717, 1.165) is 27.3 Å². The Bertz CT molecular complexity index is 734. The molecule has 0 amide bonds. The maximum atomic E-state index is 13.2. The number of nitrogens with two attached hydrogens (primary N) is 1. The Morgan fingerprint density at radius 2 is 2.25 bits per heavy atom. The summed E-state index contributed by atoms with van der Waals surface area (Å²) in [6.45, 7) is 2.80. The quantitative estimate of drug-likeness (QED) is 0.804. The maximum absolute atomic E-state index is 13.2. The highest BCUT2D eigenvalue weighted by molar-refractivity contribution is 7.19. The number of nitrogens with zero attached hydrogens (tertiary/aromatic N) is 3. The molecular weight excluding hydrogens is 275 g/mol. The molecule has 0 fully saturated rings. The molecule has 2 heterocycles. The van der Waals surface area contributed by atoms with E-state index in [4.69, 9.17) is 5.73 Å². The molecule has 0 spiro atoms. The molecule has 4 nitrogen and oxygen atoms in total. The van der Waals surface area contributed by atoms with Crippen LogP contribution < -0.4 is 5.73 Å². The monoisotopic (exact) mass is 290 g/mol. The summed E-state index contributed by atoms with van der Waals surface area (Å²) in [7, 11) is 0. The van der Waals surface area contributed by atoms with Crippen LogP contribution in [0.15, 0.2) is 30.6 Å². The van der Waals surface area contributed by atoms with Gasteiger partial charge in [0.05, 0.1) is 0 Å². The normalized spacial score (nSPS) is 12.9. The van der Waals surface area contributed by atoms with Gasteiger partial charge < -0.3 is 5.73 Å². The molecule has 6 heteroatoms. The summed E-state index contributed by atoms with van der Waals surface area (Å²) in [6.07, 6.45) is 2.18. The lowest BCUT2D eigenvalue weighted by molar-refractivity contribution is 0.584. The highest BCUT2D eigenvalue weighted by Gasteiger charge is 2.14. The Morgan fingerprint density at radius 3 is 3.05 bits per heavy atom. The third kappa shape index (κ3) is 2.44. The van der Waals surface area contributed by atoms with Gasteiger partial charge in [0.2, 0.25) is 0 Å². The van der Waals surface area contributed by atoms with Crippen LogP contribution in [0.1, 0.15) is 23.7 Å². The van der Waals surface area contributed by atoms with Gasteiger partial charge in [-0.25, -0.2) is 9.37 Å². The van der Waals surface area contributed by atoms with Crippen LogP contribution >= 0.6 is 11.3 Å². The predicted molar refractivity (Wildman–Crippen MR) is 78.1 cm³/mol. The van der Waals surface area contributed by atoms with Gasteiger partial charge in [0.1, 0.15) is 18.0 Å². The summed E-state index contributed by atoms with van der Waals surface area (Å²) in [4.78, 5) is 5.28. The number of benzene rings is 1. The van der Waals surface area contributed by atoms with Crippen LogP contribution in [0.3, 0.4) is 0 Å². The molecule has 0 aliphatic carbocycles. The number of halogens is 1. The molecule has 0 aliphatic rings. The van der Waals surface area contributed by atoms with Crippen LogP contribution in [-0.4, -0.2) is 14.8 Å². The number of hydrogen-bond acceptors (Lipinski definition) is 4. The topological polar surface area (TPSA) is 56.7 Å². The zero-order chi connectivity index (χ0) is 14.1. The van der Waals surface area contributed by atoms with E-state index in [2.05, 4.69) is 10.1 Å². The Balaban J connectivity index is 1.86. The predicted octanol–water partition coefficient (Wildman–Crippen LogP) is 2.89. The number of aryl methyl sites for hydroxylation is 1. The van der Waals surface area contributed by atoms with Gasteiger partial charge in [-0.15, -0.1) is 11.3 Å². The minimum absolute atomic E-state index is 0.148. The lowest BCUT2D eigenvalue weighted by atomic mass is 10.1. The van der Waals surface area contributed by atoms with E-state index in [0.29, 0.717) is 6.42 Å². The molecule has 104 valence electrons. The average Bonchev–Trinajstić information content (AvgIpc) is 3.04. The maximum Gasteiger partial charge on any atom is 0.138 e. The number of fused-ring (bicyclic) bond motifs is 1. The summed E-state index contributed by atoms with van der Waals surface area (Å²) < 4.78 is 16.1. The molecule has 0 bridgehead atoms. The van der Waals surface area contributed by atoms with Crippen molar-refractivity contribution < 1.29 is 4.39 Å². The SMILES string of the molecule is CCn1ncnc1CC(N)c1cc2cc(F)ccc2s1. The van der Waals surface area contributed by atoms with Crippen LogP contribution in [-0.2, 0) is 13.0 Å². The van der Waals surface area contributed by atoms with Crippen molar-refractivity contribution in [2.75, 3.05) is 0 Å². The van der Waals surface area contributed by atoms with Gasteiger partial charge in [0.25, 0.3) is 0 Å². The Morgan fingerprint density at radius 1 is 1.40 bits per heavy atom. The Labute approximate surface area is 120 Å². The Hall–Kier alpha value is -1.79.